The first-order valence-corrected chi connectivity index (χ1v) is 11.4. The third-order valence-corrected chi connectivity index (χ3v) is 6.15. The normalized spacial score (nSPS) is 16.5. The van der Waals surface area contributed by atoms with Crippen LogP contribution in [0.1, 0.15) is 24.0 Å². The molecule has 9 nitrogen and oxygen atoms in total. The molecule has 2 aromatic rings. The first-order valence-electron chi connectivity index (χ1n) is 10.4. The van der Waals surface area contributed by atoms with E-state index in [4.69, 9.17) is 10.5 Å². The van der Waals surface area contributed by atoms with E-state index in [1.54, 1.807) is 7.11 Å². The number of primary amides is 1. The van der Waals surface area contributed by atoms with Crippen molar-refractivity contribution in [3.05, 3.63) is 59.7 Å². The Morgan fingerprint density at radius 1 is 1.18 bits per heavy atom. The lowest BCUT2D eigenvalue weighted by Gasteiger charge is -2.25. The van der Waals surface area contributed by atoms with E-state index in [-0.39, 0.29) is 30.4 Å². The number of carbonyl (C=O) groups is 3. The fourth-order valence-electron chi connectivity index (χ4n) is 3.52. The molecule has 1 atom stereocenters. The van der Waals surface area contributed by atoms with Crippen molar-refractivity contribution in [3.8, 4) is 5.75 Å². The maximum absolute atomic E-state index is 13.1. The summed E-state index contributed by atoms with van der Waals surface area (Å²) in [6.07, 6.45) is 0.420. The zero-order valence-corrected chi connectivity index (χ0v) is 18.8. The van der Waals surface area contributed by atoms with Crippen molar-refractivity contribution in [2.24, 2.45) is 15.7 Å². The fourth-order valence-corrected chi connectivity index (χ4v) is 4.26. The van der Waals surface area contributed by atoms with E-state index in [0.29, 0.717) is 23.2 Å². The van der Waals surface area contributed by atoms with E-state index >= 15 is 0 Å². The van der Waals surface area contributed by atoms with Crippen LogP contribution in [0, 0.1) is 0 Å². The van der Waals surface area contributed by atoms with Gasteiger partial charge in [-0.05, 0) is 36.2 Å². The monoisotopic (exact) mass is 465 g/mol. The Labute approximate surface area is 195 Å². The number of rotatable bonds is 8. The third-order valence-electron chi connectivity index (χ3n) is 5.18. The number of para-hydroxylation sites is 1. The molecule has 170 valence electrons. The highest BCUT2D eigenvalue weighted by Crippen LogP contribution is 2.34. The second kappa shape index (κ2) is 9.86. The predicted octanol–water partition coefficient (Wildman–Crippen LogP) is 1.97. The van der Waals surface area contributed by atoms with Crippen LogP contribution in [0.25, 0.3) is 0 Å². The number of ether oxygens (including phenoxy) is 1. The summed E-state index contributed by atoms with van der Waals surface area (Å²) < 4.78 is 5.13. The summed E-state index contributed by atoms with van der Waals surface area (Å²) >= 11 is 1.10. The van der Waals surface area contributed by atoms with Crippen molar-refractivity contribution in [2.75, 3.05) is 12.9 Å². The van der Waals surface area contributed by atoms with E-state index < -0.39 is 11.9 Å². The number of thioether (sulfide) groups is 1. The molecular weight excluding hydrogens is 442 g/mol. The lowest BCUT2D eigenvalue weighted by molar-refractivity contribution is -0.125. The number of nitrogens with one attached hydrogen (secondary N) is 1. The second-order valence-corrected chi connectivity index (χ2v) is 8.41. The van der Waals surface area contributed by atoms with E-state index in [2.05, 4.69) is 15.3 Å². The maximum Gasteiger partial charge on any atom is 0.259 e. The average molecular weight is 466 g/mol. The molecule has 0 radical (unpaired) electrons. The van der Waals surface area contributed by atoms with Gasteiger partial charge in [0, 0.05) is 18.5 Å². The summed E-state index contributed by atoms with van der Waals surface area (Å²) in [7, 11) is 1.60. The first-order chi connectivity index (χ1) is 16.0. The number of benzene rings is 2. The van der Waals surface area contributed by atoms with Crippen molar-refractivity contribution < 1.29 is 19.1 Å². The van der Waals surface area contributed by atoms with Gasteiger partial charge in [0.15, 0.2) is 5.17 Å². The van der Waals surface area contributed by atoms with Gasteiger partial charge in [-0.25, -0.2) is 9.89 Å². The van der Waals surface area contributed by atoms with Gasteiger partial charge in [-0.3, -0.25) is 19.4 Å². The zero-order chi connectivity index (χ0) is 23.4. The highest BCUT2D eigenvalue weighted by molar-refractivity contribution is 8.14. The Bertz CT molecular complexity index is 1150. The molecule has 2 heterocycles. The molecule has 0 fully saturated rings. The van der Waals surface area contributed by atoms with Crippen LogP contribution in [0.4, 0.5) is 5.69 Å². The molecule has 0 aliphatic carbocycles. The van der Waals surface area contributed by atoms with E-state index in [1.165, 1.54) is 4.90 Å². The van der Waals surface area contributed by atoms with Crippen LogP contribution in [0.2, 0.25) is 0 Å². The van der Waals surface area contributed by atoms with Gasteiger partial charge in [-0.2, -0.15) is 0 Å². The van der Waals surface area contributed by atoms with Crippen LogP contribution in [-0.2, 0) is 20.9 Å². The minimum atomic E-state index is -0.697. The maximum atomic E-state index is 13.1. The summed E-state index contributed by atoms with van der Waals surface area (Å²) in [5.41, 5.74) is 7.63. The van der Waals surface area contributed by atoms with E-state index in [9.17, 15) is 14.4 Å². The number of methoxy groups -OCH3 is 1. The molecule has 33 heavy (non-hydrogen) atoms. The minimum Gasteiger partial charge on any atom is -0.497 e. The Hall–Kier alpha value is -3.66. The van der Waals surface area contributed by atoms with E-state index in [0.717, 1.165) is 28.6 Å². The largest absolute Gasteiger partial charge is 0.497 e. The first kappa shape index (κ1) is 22.5. The summed E-state index contributed by atoms with van der Waals surface area (Å²) in [5.74, 6) is 0.298. The number of amides is 3. The smallest absolute Gasteiger partial charge is 0.259 e. The topological polar surface area (TPSA) is 126 Å². The molecule has 0 bridgehead atoms. The zero-order valence-electron chi connectivity index (χ0n) is 18.0. The molecule has 0 saturated carbocycles. The molecule has 0 saturated heterocycles. The molecule has 10 heteroatoms. The molecule has 2 aliphatic heterocycles. The fraction of sp³-hybridized carbons (Fsp3) is 0.261. The number of hydrogen-bond donors (Lipinski definition) is 2. The van der Waals surface area contributed by atoms with Crippen molar-refractivity contribution in [1.82, 2.24) is 10.2 Å². The number of nitrogens with zero attached hydrogens (tertiary/aromatic N) is 3. The van der Waals surface area contributed by atoms with Crippen LogP contribution < -0.4 is 15.8 Å². The summed E-state index contributed by atoms with van der Waals surface area (Å²) in [6.45, 7) is 0.385. The van der Waals surface area contributed by atoms with Gasteiger partial charge in [0.25, 0.3) is 5.91 Å². The summed E-state index contributed by atoms with van der Waals surface area (Å²) in [4.78, 5) is 47.3. The number of carbonyl (C=O) groups excluding carboxylic acids is 3. The van der Waals surface area contributed by atoms with Crippen LogP contribution in [0.15, 0.2) is 58.5 Å². The van der Waals surface area contributed by atoms with Crippen LogP contribution in [0.3, 0.4) is 0 Å². The second-order valence-electron chi connectivity index (χ2n) is 7.47. The lowest BCUT2D eigenvalue weighted by atomic mass is 10.1. The number of fused-ring (bicyclic) bond motifs is 3. The van der Waals surface area contributed by atoms with Gasteiger partial charge in [-0.15, -0.1) is 0 Å². The van der Waals surface area contributed by atoms with Crippen molar-refractivity contribution >= 4 is 46.2 Å². The third kappa shape index (κ3) is 5.06. The van der Waals surface area contributed by atoms with Crippen molar-refractivity contribution in [2.45, 2.75) is 25.4 Å². The molecule has 2 aliphatic rings. The summed E-state index contributed by atoms with van der Waals surface area (Å²) in [6, 6.07) is 14.1. The van der Waals surface area contributed by atoms with Gasteiger partial charge in [0.1, 0.15) is 17.6 Å². The summed E-state index contributed by atoms with van der Waals surface area (Å²) in [5, 5.41) is 3.23. The number of aliphatic imine (C=N–C) groups is 2. The number of hydrogen-bond acceptors (Lipinski definition) is 7. The standard InChI is InChI=1S/C23H23N5O4S/c1-32-15-8-6-14(7-9-15)12-25-20(30)11-10-18-22(31)28-21(26-18)16-4-2-3-5-17(16)27-23(28)33-13-19(24)29/h2-9,18H,10-13H2,1H3,(H2,24,29)(H,25,30). The molecule has 0 aromatic heterocycles. The molecule has 3 amide bonds. The molecule has 0 spiro atoms. The highest BCUT2D eigenvalue weighted by Gasteiger charge is 2.41. The van der Waals surface area contributed by atoms with Gasteiger partial charge >= 0.3 is 0 Å². The Balaban J connectivity index is 1.41. The Morgan fingerprint density at radius 2 is 1.94 bits per heavy atom. The quantitative estimate of drug-likeness (QED) is 0.616. The van der Waals surface area contributed by atoms with Gasteiger partial charge in [0.2, 0.25) is 11.8 Å². The van der Waals surface area contributed by atoms with Crippen LogP contribution in [-0.4, -0.2) is 52.5 Å². The van der Waals surface area contributed by atoms with Gasteiger partial charge < -0.3 is 15.8 Å². The van der Waals surface area contributed by atoms with Gasteiger partial charge in [0.05, 0.1) is 18.6 Å². The number of nitrogens with two attached hydrogens (primary N) is 1. The Kier molecular flexibility index (Phi) is 6.74. The minimum absolute atomic E-state index is 0.00348. The average Bonchev–Trinajstić information content (AvgIpc) is 3.16. The Morgan fingerprint density at radius 3 is 2.67 bits per heavy atom. The molecule has 3 N–H and O–H groups in total. The molecule has 1 unspecified atom stereocenters. The number of amidine groups is 2. The SMILES string of the molecule is COc1ccc(CNC(=O)CCC2N=C3c4ccccc4N=C(SCC(N)=O)N3C2=O)cc1. The van der Waals surface area contributed by atoms with Gasteiger partial charge in [-0.1, -0.05) is 36.0 Å². The molecule has 2 aromatic carbocycles. The molecule has 4 rings (SSSR count). The van der Waals surface area contributed by atoms with Crippen molar-refractivity contribution in [1.29, 1.82) is 0 Å². The highest BCUT2D eigenvalue weighted by atomic mass is 32.2. The van der Waals surface area contributed by atoms with Crippen molar-refractivity contribution in [3.63, 3.8) is 0 Å². The lowest BCUT2D eigenvalue weighted by Crippen LogP contribution is -2.41. The predicted molar refractivity (Wildman–Crippen MR) is 126 cm³/mol. The molecular formula is C23H23N5O4S. The van der Waals surface area contributed by atoms with Crippen LogP contribution >= 0.6 is 11.8 Å². The van der Waals surface area contributed by atoms with E-state index in [1.807, 2.05) is 48.5 Å². The van der Waals surface area contributed by atoms with Crippen LogP contribution in [0.5, 0.6) is 5.75 Å².